The Morgan fingerprint density at radius 2 is 1.10 bits per heavy atom. The maximum Gasteiger partial charge on any atom is 0.0625 e. The van der Waals surface area contributed by atoms with Gasteiger partial charge in [-0.15, -0.1) is 0 Å². The molecule has 2 aromatic rings. The van der Waals surface area contributed by atoms with Crippen LogP contribution in [0.4, 0.5) is 11.4 Å². The molecule has 21 heavy (non-hydrogen) atoms. The molecule has 0 saturated carbocycles. The normalized spacial score (nSPS) is 11.4. The highest BCUT2D eigenvalue weighted by atomic mass is 16.5. The van der Waals surface area contributed by atoms with E-state index in [1.165, 1.54) is 0 Å². The maximum absolute atomic E-state index is 5.53. The van der Waals surface area contributed by atoms with E-state index in [-0.39, 0.29) is 0 Å². The van der Waals surface area contributed by atoms with E-state index in [2.05, 4.69) is 9.98 Å². The number of para-hydroxylation sites is 2. The number of hydrogen-bond donors (Lipinski definition) is 0. The highest BCUT2D eigenvalue weighted by Gasteiger charge is 1.88. The standard InChI is InChI=1S/C18H20N2O/c1-3-9-17(10-4-1)19-13-7-15-21-16-8-14-20-18-11-5-2-6-12-18/h1-6,9-14H,7-8,15-16H2. The van der Waals surface area contributed by atoms with Gasteiger partial charge in [0.25, 0.3) is 0 Å². The number of aliphatic imine (C=N–C) groups is 2. The molecule has 0 aliphatic heterocycles. The first-order chi connectivity index (χ1) is 10.4. The van der Waals surface area contributed by atoms with Gasteiger partial charge in [0.05, 0.1) is 24.6 Å². The largest absolute Gasteiger partial charge is 0.381 e. The second-order valence-electron chi connectivity index (χ2n) is 4.48. The van der Waals surface area contributed by atoms with Crippen LogP contribution in [-0.4, -0.2) is 25.6 Å². The van der Waals surface area contributed by atoms with Gasteiger partial charge in [0.1, 0.15) is 0 Å². The van der Waals surface area contributed by atoms with Gasteiger partial charge in [0, 0.05) is 25.3 Å². The Bertz CT molecular complexity index is 498. The third kappa shape index (κ3) is 6.63. The molecule has 0 spiro atoms. The molecule has 0 aliphatic rings. The SMILES string of the molecule is C(CCOCCC=Nc1ccccc1)=Nc1ccccc1. The summed E-state index contributed by atoms with van der Waals surface area (Å²) in [5, 5.41) is 0. The Morgan fingerprint density at radius 1 is 0.667 bits per heavy atom. The summed E-state index contributed by atoms with van der Waals surface area (Å²) in [7, 11) is 0. The number of hydrogen-bond acceptors (Lipinski definition) is 3. The topological polar surface area (TPSA) is 34.0 Å². The third-order valence-corrected chi connectivity index (χ3v) is 2.78. The third-order valence-electron chi connectivity index (χ3n) is 2.78. The van der Waals surface area contributed by atoms with Gasteiger partial charge < -0.3 is 4.74 Å². The van der Waals surface area contributed by atoms with Crippen LogP contribution in [0.2, 0.25) is 0 Å². The molecule has 0 amide bonds. The Labute approximate surface area is 126 Å². The van der Waals surface area contributed by atoms with E-state index in [4.69, 9.17) is 4.74 Å². The monoisotopic (exact) mass is 280 g/mol. The fraction of sp³-hybridized carbons (Fsp3) is 0.222. The van der Waals surface area contributed by atoms with Crippen LogP contribution in [0.5, 0.6) is 0 Å². The summed E-state index contributed by atoms with van der Waals surface area (Å²) in [6.07, 6.45) is 5.44. The van der Waals surface area contributed by atoms with Gasteiger partial charge in [-0.25, -0.2) is 0 Å². The van der Waals surface area contributed by atoms with E-state index in [1.807, 2.05) is 73.1 Å². The fourth-order valence-electron chi connectivity index (χ4n) is 1.74. The van der Waals surface area contributed by atoms with E-state index in [0.29, 0.717) is 13.2 Å². The summed E-state index contributed by atoms with van der Waals surface area (Å²) in [4.78, 5) is 8.70. The van der Waals surface area contributed by atoms with Crippen molar-refractivity contribution in [2.45, 2.75) is 12.8 Å². The molecule has 0 bridgehead atoms. The molecule has 0 saturated heterocycles. The Hall–Kier alpha value is -2.26. The smallest absolute Gasteiger partial charge is 0.0625 e. The van der Waals surface area contributed by atoms with Crippen molar-refractivity contribution in [3.8, 4) is 0 Å². The molecular formula is C18H20N2O. The molecule has 0 atom stereocenters. The minimum Gasteiger partial charge on any atom is -0.381 e. The lowest BCUT2D eigenvalue weighted by Gasteiger charge is -1.98. The second-order valence-corrected chi connectivity index (χ2v) is 4.48. The summed E-state index contributed by atoms with van der Waals surface area (Å²) < 4.78 is 5.53. The zero-order chi connectivity index (χ0) is 14.6. The van der Waals surface area contributed by atoms with Gasteiger partial charge in [0.15, 0.2) is 0 Å². The summed E-state index contributed by atoms with van der Waals surface area (Å²) in [5.41, 5.74) is 1.96. The minimum absolute atomic E-state index is 0.690. The van der Waals surface area contributed by atoms with Crippen molar-refractivity contribution in [2.24, 2.45) is 9.98 Å². The van der Waals surface area contributed by atoms with Gasteiger partial charge in [0.2, 0.25) is 0 Å². The summed E-state index contributed by atoms with van der Waals surface area (Å²) >= 11 is 0. The van der Waals surface area contributed by atoms with Gasteiger partial charge in [-0.2, -0.15) is 0 Å². The summed E-state index contributed by atoms with van der Waals surface area (Å²) in [6, 6.07) is 19.8. The van der Waals surface area contributed by atoms with Gasteiger partial charge in [-0.3, -0.25) is 9.98 Å². The quantitative estimate of drug-likeness (QED) is 0.514. The number of rotatable bonds is 8. The number of nitrogens with zero attached hydrogens (tertiary/aromatic N) is 2. The Balaban J connectivity index is 1.52. The van der Waals surface area contributed by atoms with Crippen LogP contribution in [0.1, 0.15) is 12.8 Å². The molecule has 0 aliphatic carbocycles. The van der Waals surface area contributed by atoms with E-state index >= 15 is 0 Å². The van der Waals surface area contributed by atoms with Crippen LogP contribution in [0.3, 0.4) is 0 Å². The van der Waals surface area contributed by atoms with Crippen LogP contribution in [0.25, 0.3) is 0 Å². The molecule has 2 rings (SSSR count). The van der Waals surface area contributed by atoms with Crippen molar-refractivity contribution < 1.29 is 4.74 Å². The van der Waals surface area contributed by atoms with Crippen LogP contribution in [0.15, 0.2) is 70.6 Å². The van der Waals surface area contributed by atoms with E-state index in [9.17, 15) is 0 Å². The first-order valence-electron chi connectivity index (χ1n) is 7.18. The van der Waals surface area contributed by atoms with Gasteiger partial charge in [-0.1, -0.05) is 36.4 Å². The van der Waals surface area contributed by atoms with Crippen molar-refractivity contribution in [3.05, 3.63) is 60.7 Å². The first kappa shape index (κ1) is 15.1. The van der Waals surface area contributed by atoms with Crippen molar-refractivity contribution in [3.63, 3.8) is 0 Å². The molecule has 0 aromatic heterocycles. The molecule has 2 aromatic carbocycles. The Morgan fingerprint density at radius 3 is 1.52 bits per heavy atom. The molecular weight excluding hydrogens is 260 g/mol. The molecule has 0 unspecified atom stereocenters. The zero-order valence-electron chi connectivity index (χ0n) is 12.1. The molecule has 3 heteroatoms. The van der Waals surface area contributed by atoms with Crippen LogP contribution < -0.4 is 0 Å². The van der Waals surface area contributed by atoms with Crippen molar-refractivity contribution in [1.82, 2.24) is 0 Å². The molecule has 3 nitrogen and oxygen atoms in total. The van der Waals surface area contributed by atoms with Crippen LogP contribution >= 0.6 is 0 Å². The Kier molecular flexibility index (Phi) is 6.93. The summed E-state index contributed by atoms with van der Waals surface area (Å²) in [5.74, 6) is 0. The number of benzene rings is 2. The lowest BCUT2D eigenvalue weighted by atomic mass is 10.3. The fourth-order valence-corrected chi connectivity index (χ4v) is 1.74. The van der Waals surface area contributed by atoms with Crippen molar-refractivity contribution in [2.75, 3.05) is 13.2 Å². The highest BCUT2D eigenvalue weighted by molar-refractivity contribution is 5.63. The predicted molar refractivity (Wildman–Crippen MR) is 89.2 cm³/mol. The van der Waals surface area contributed by atoms with Gasteiger partial charge >= 0.3 is 0 Å². The average molecular weight is 280 g/mol. The summed E-state index contributed by atoms with van der Waals surface area (Å²) in [6.45, 7) is 1.38. The van der Waals surface area contributed by atoms with Crippen molar-refractivity contribution in [1.29, 1.82) is 0 Å². The van der Waals surface area contributed by atoms with Crippen LogP contribution in [0, 0.1) is 0 Å². The highest BCUT2D eigenvalue weighted by Crippen LogP contribution is 2.09. The van der Waals surface area contributed by atoms with Crippen molar-refractivity contribution >= 4 is 23.8 Å². The number of ether oxygens (including phenoxy) is 1. The zero-order valence-corrected chi connectivity index (χ0v) is 12.1. The average Bonchev–Trinajstić information content (AvgIpc) is 2.55. The molecule has 0 N–H and O–H groups in total. The molecule has 0 heterocycles. The van der Waals surface area contributed by atoms with E-state index in [1.54, 1.807) is 0 Å². The molecule has 0 radical (unpaired) electrons. The maximum atomic E-state index is 5.53. The lowest BCUT2D eigenvalue weighted by Crippen LogP contribution is -1.97. The molecule has 108 valence electrons. The van der Waals surface area contributed by atoms with E-state index < -0.39 is 0 Å². The van der Waals surface area contributed by atoms with Crippen LogP contribution in [-0.2, 0) is 4.74 Å². The lowest BCUT2D eigenvalue weighted by molar-refractivity contribution is 0.149. The minimum atomic E-state index is 0.690. The second kappa shape index (κ2) is 9.61. The first-order valence-corrected chi connectivity index (χ1v) is 7.18. The van der Waals surface area contributed by atoms with Gasteiger partial charge in [-0.05, 0) is 24.3 Å². The predicted octanol–water partition coefficient (Wildman–Crippen LogP) is 4.59. The van der Waals surface area contributed by atoms with E-state index in [0.717, 1.165) is 24.2 Å². The molecule has 0 fully saturated rings.